The summed E-state index contributed by atoms with van der Waals surface area (Å²) in [5, 5.41) is 16.0. The number of hydrogen-bond donors (Lipinski definition) is 2. The van der Waals surface area contributed by atoms with E-state index in [2.05, 4.69) is 41.0 Å². The summed E-state index contributed by atoms with van der Waals surface area (Å²) in [6, 6.07) is 29.6. The molecule has 4 aromatic carbocycles. The molecular formula is C50H73N9O7P4S3. The lowest BCUT2D eigenvalue weighted by molar-refractivity contribution is 0.0835. The molecule has 0 fully saturated rings. The molecule has 23 heteroatoms. The van der Waals surface area contributed by atoms with E-state index in [0.29, 0.717) is 35.0 Å². The number of unbranched alkanes of at least 4 members (excludes halogenated alkanes) is 3. The molecule has 0 aliphatic rings. The van der Waals surface area contributed by atoms with Crippen LogP contribution in [-0.4, -0.2) is 85.7 Å². The van der Waals surface area contributed by atoms with Crippen molar-refractivity contribution in [3.8, 4) is 23.0 Å². The van der Waals surface area contributed by atoms with Gasteiger partial charge in [0.05, 0.1) is 45.3 Å². The van der Waals surface area contributed by atoms with Crippen molar-refractivity contribution in [1.29, 1.82) is 0 Å². The van der Waals surface area contributed by atoms with Gasteiger partial charge in [-0.25, -0.2) is 0 Å². The molecule has 73 heavy (non-hydrogen) atoms. The number of benzene rings is 4. The van der Waals surface area contributed by atoms with Gasteiger partial charge in [0.15, 0.2) is 5.72 Å². The zero-order chi connectivity index (χ0) is 54.0. The maximum absolute atomic E-state index is 11.4. The Balaban J connectivity index is 1.32. The maximum atomic E-state index is 11.4. The summed E-state index contributed by atoms with van der Waals surface area (Å²) < 4.78 is 42.3. The van der Waals surface area contributed by atoms with Crippen LogP contribution < -0.4 is 18.9 Å². The summed E-state index contributed by atoms with van der Waals surface area (Å²) in [5.74, 6) is 2.55. The van der Waals surface area contributed by atoms with E-state index >= 15 is 0 Å². The predicted octanol–water partition coefficient (Wildman–Crippen LogP) is 13.5. The molecule has 0 saturated heterocycles. The molecule has 0 radical (unpaired) electrons. The minimum atomic E-state index is -4.17. The lowest BCUT2D eigenvalue weighted by atomic mass is 10.1. The molecule has 2 N–H and O–H groups in total. The molecule has 0 bridgehead atoms. The highest BCUT2D eigenvalue weighted by molar-refractivity contribution is 8.05. The van der Waals surface area contributed by atoms with Crippen LogP contribution in [-0.2, 0) is 46.1 Å². The van der Waals surface area contributed by atoms with Crippen LogP contribution >= 0.6 is 28.1 Å². The molecule has 0 amide bonds. The zero-order valence-corrected chi connectivity index (χ0v) is 50.1. The van der Waals surface area contributed by atoms with E-state index in [0.717, 1.165) is 55.2 Å². The van der Waals surface area contributed by atoms with Crippen LogP contribution in [0.15, 0.2) is 117 Å². The lowest BCUT2D eigenvalue weighted by Gasteiger charge is -2.35. The van der Waals surface area contributed by atoms with Crippen LogP contribution in [0, 0.1) is 0 Å². The fraction of sp³-hybridized carbons (Fsp3) is 0.460. The molecule has 0 aromatic heterocycles. The minimum Gasteiger partial charge on any atom is -0.481 e. The van der Waals surface area contributed by atoms with Crippen LogP contribution in [0.5, 0.6) is 23.0 Å². The Morgan fingerprint density at radius 2 is 0.945 bits per heavy atom. The highest BCUT2D eigenvalue weighted by atomic mass is 32.4. The van der Waals surface area contributed by atoms with Crippen molar-refractivity contribution in [2.75, 3.05) is 21.1 Å². The Morgan fingerprint density at radius 1 is 0.575 bits per heavy atom. The summed E-state index contributed by atoms with van der Waals surface area (Å²) in [6.45, 7) is 10.7. The molecule has 5 unspecified atom stereocenters. The fourth-order valence-electron chi connectivity index (χ4n) is 7.33. The van der Waals surface area contributed by atoms with E-state index < -0.39 is 49.9 Å². The first-order valence-corrected chi connectivity index (χ1v) is 33.6. The molecule has 0 aliphatic carbocycles. The molecular weight excluding hydrogens is 1060 g/mol. The second-order valence-electron chi connectivity index (χ2n) is 19.0. The summed E-state index contributed by atoms with van der Waals surface area (Å²) in [5.41, 5.74) is 11.3. The molecule has 16 nitrogen and oxygen atoms in total. The highest BCUT2D eigenvalue weighted by Gasteiger charge is 2.33. The molecule has 0 heterocycles. The standard InChI is InChI=1S/C50H73N9O7P4S3/c1-12-14-16-33-49(7,55-56-51)65-45-27-19-40(20-28-45)35-52-57(9)67(71)47(3,4)63-43-25-17-39(18-26-43)37-54-59(11)69(73)50(8,34-15-13-2)66-46-29-21-41(22-30-46)36-53-58(10)68(72)48(5,6)64-44-31-23-42(24-32-44)38-70(60,61)62/h17-32,35-37,67-69H,12-16,33-34,38H2,1-11H3,(H2,60,61,62)/b52-35+,53-36+,54-37+. The van der Waals surface area contributed by atoms with E-state index in [1.165, 1.54) is 0 Å². The van der Waals surface area contributed by atoms with Gasteiger partial charge in [-0.1, -0.05) is 80.7 Å². The highest BCUT2D eigenvalue weighted by Crippen LogP contribution is 2.48. The minimum absolute atomic E-state index is 0.330. The first-order valence-electron chi connectivity index (χ1n) is 24.0. The number of hydrogen-bond acceptors (Lipinski definition) is 12. The van der Waals surface area contributed by atoms with Gasteiger partial charge in [0.2, 0.25) is 0 Å². The van der Waals surface area contributed by atoms with E-state index in [-0.39, 0.29) is 6.16 Å². The molecule has 398 valence electrons. The fourth-order valence-corrected chi connectivity index (χ4v) is 12.9. The third kappa shape index (κ3) is 20.2. The van der Waals surface area contributed by atoms with Gasteiger partial charge in [-0.15, -0.1) is 0 Å². The average Bonchev–Trinajstić information content (AvgIpc) is 3.34. The normalized spacial score (nSPS) is 15.2. The lowest BCUT2D eigenvalue weighted by Crippen LogP contribution is -2.31. The van der Waals surface area contributed by atoms with Gasteiger partial charge < -0.3 is 28.7 Å². The summed E-state index contributed by atoms with van der Waals surface area (Å²) in [7, 11) is 1.44. The Labute approximate surface area is 449 Å². The average molecular weight is 1130 g/mol. The predicted molar refractivity (Wildman–Crippen MR) is 315 cm³/mol. The summed E-state index contributed by atoms with van der Waals surface area (Å²) in [4.78, 5) is 21.6. The van der Waals surface area contributed by atoms with Gasteiger partial charge in [-0.3, -0.25) is 18.9 Å². The van der Waals surface area contributed by atoms with Crippen molar-refractivity contribution < 1.29 is 33.3 Å². The monoisotopic (exact) mass is 1130 g/mol. The van der Waals surface area contributed by atoms with Crippen molar-refractivity contribution in [3.05, 3.63) is 130 Å². The summed E-state index contributed by atoms with van der Waals surface area (Å²) >= 11 is 18.1. The van der Waals surface area contributed by atoms with Crippen molar-refractivity contribution in [3.63, 3.8) is 0 Å². The van der Waals surface area contributed by atoms with E-state index in [9.17, 15) is 14.4 Å². The van der Waals surface area contributed by atoms with Gasteiger partial charge in [0.25, 0.3) is 0 Å². The first-order chi connectivity index (χ1) is 34.3. The Bertz CT molecular complexity index is 2670. The number of azide groups is 1. The van der Waals surface area contributed by atoms with Gasteiger partial charge in [0.1, 0.15) is 39.0 Å². The SMILES string of the molecule is CCCCCC(C)(N=[N+]=[N-])Oc1ccc(/C=N/N(C)[PH](=S)C(C)(C)Oc2ccc(/C=N/N(C)[PH](=S)C(C)(CCCC)Oc3ccc(/C=N/N(C)[PH](=S)C(C)(C)Oc4ccc(CP(=O)(O)O)cc4)cc3)cc2)cc1. The molecule has 4 rings (SSSR count). The van der Waals surface area contributed by atoms with Gasteiger partial charge in [-0.2, -0.15) is 15.3 Å². The molecule has 5 atom stereocenters. The van der Waals surface area contributed by atoms with E-state index in [1.807, 2.05) is 133 Å². The van der Waals surface area contributed by atoms with Crippen LogP contribution in [0.2, 0.25) is 0 Å². The Kier molecular flexibility index (Phi) is 23.7. The van der Waals surface area contributed by atoms with Gasteiger partial charge in [-0.05, 0) is 185 Å². The van der Waals surface area contributed by atoms with Crippen LogP contribution in [0.4, 0.5) is 0 Å². The summed E-state index contributed by atoms with van der Waals surface area (Å²) in [6.07, 6.45) is 11.3. The topological polar surface area (TPSA) is 190 Å². The number of nitrogens with zero attached hydrogens (tertiary/aromatic N) is 9. The van der Waals surface area contributed by atoms with Crippen LogP contribution in [0.25, 0.3) is 10.4 Å². The van der Waals surface area contributed by atoms with E-state index in [4.69, 9.17) is 65.0 Å². The smallest absolute Gasteiger partial charge is 0.329 e. The van der Waals surface area contributed by atoms with E-state index in [1.54, 1.807) is 52.5 Å². The third-order valence-corrected chi connectivity index (χ3v) is 24.4. The van der Waals surface area contributed by atoms with Gasteiger partial charge >= 0.3 is 7.60 Å². The number of hydrazone groups is 3. The quantitative estimate of drug-likeness (QED) is 0.00955. The van der Waals surface area contributed by atoms with Crippen LogP contribution in [0.1, 0.15) is 123 Å². The third-order valence-electron chi connectivity index (χ3n) is 11.4. The second kappa shape index (κ2) is 28.2. The molecule has 0 spiro atoms. The molecule has 4 aromatic rings. The Morgan fingerprint density at radius 3 is 1.33 bits per heavy atom. The maximum Gasteiger partial charge on any atom is 0.329 e. The van der Waals surface area contributed by atoms with Crippen molar-refractivity contribution >= 4 is 82.2 Å². The number of rotatable bonds is 30. The van der Waals surface area contributed by atoms with Gasteiger partial charge in [0, 0.05) is 26.1 Å². The number of ether oxygens (including phenoxy) is 4. The molecule has 0 saturated carbocycles. The first kappa shape index (κ1) is 61.4. The Hall–Kier alpha value is -4.10. The zero-order valence-electron chi connectivity index (χ0n) is 43.8. The largest absolute Gasteiger partial charge is 0.481 e. The van der Waals surface area contributed by atoms with Crippen LogP contribution in [0.3, 0.4) is 0 Å². The molecule has 0 aliphatic heterocycles. The van der Waals surface area contributed by atoms with Crippen molar-refractivity contribution in [2.24, 2.45) is 20.4 Å². The van der Waals surface area contributed by atoms with Crippen molar-refractivity contribution in [1.82, 2.24) is 14.3 Å². The second-order valence-corrected chi connectivity index (χ2v) is 31.3. The van der Waals surface area contributed by atoms with Crippen molar-refractivity contribution in [2.45, 2.75) is 128 Å².